The molecule has 2 unspecified atom stereocenters. The van der Waals surface area contributed by atoms with Crippen molar-refractivity contribution in [1.29, 1.82) is 0 Å². The van der Waals surface area contributed by atoms with Gasteiger partial charge in [-0.25, -0.2) is 4.39 Å². The number of carbonyl (C=O) groups excluding carboxylic acids is 1. The van der Waals surface area contributed by atoms with Crippen LogP contribution in [0.15, 0.2) is 24.3 Å². The van der Waals surface area contributed by atoms with Crippen LogP contribution >= 0.6 is 0 Å². The summed E-state index contributed by atoms with van der Waals surface area (Å²) in [6.45, 7) is 3.26. The Kier molecular flexibility index (Phi) is 5.35. The molecule has 20 heavy (non-hydrogen) atoms. The third-order valence-corrected chi connectivity index (χ3v) is 3.53. The minimum absolute atomic E-state index is 0.0538. The number of hydrogen-bond acceptors (Lipinski definition) is 3. The van der Waals surface area contributed by atoms with Gasteiger partial charge in [0.2, 0.25) is 5.91 Å². The zero-order valence-corrected chi connectivity index (χ0v) is 11.7. The predicted molar refractivity (Wildman–Crippen MR) is 75.1 cm³/mol. The van der Waals surface area contributed by atoms with E-state index in [0.717, 1.165) is 19.4 Å². The van der Waals surface area contributed by atoms with Gasteiger partial charge < -0.3 is 15.4 Å². The summed E-state index contributed by atoms with van der Waals surface area (Å²) in [4.78, 5) is 11.8. The lowest BCUT2D eigenvalue weighted by atomic mass is 10.00. The third kappa shape index (κ3) is 4.20. The van der Waals surface area contributed by atoms with Crippen molar-refractivity contribution in [2.24, 2.45) is 0 Å². The minimum atomic E-state index is -0.405. The first-order chi connectivity index (χ1) is 9.66. The molecule has 1 aliphatic rings. The van der Waals surface area contributed by atoms with Gasteiger partial charge >= 0.3 is 0 Å². The molecule has 2 rings (SSSR count). The van der Waals surface area contributed by atoms with Gasteiger partial charge in [0.15, 0.2) is 11.6 Å². The van der Waals surface area contributed by atoms with Crippen LogP contribution in [0.4, 0.5) is 4.39 Å². The number of hydrogen-bond donors (Lipinski definition) is 2. The Morgan fingerprint density at radius 3 is 3.05 bits per heavy atom. The van der Waals surface area contributed by atoms with E-state index >= 15 is 0 Å². The predicted octanol–water partition coefficient (Wildman–Crippen LogP) is 1.85. The first-order valence-electron chi connectivity index (χ1n) is 7.07. The van der Waals surface area contributed by atoms with Gasteiger partial charge in [-0.3, -0.25) is 4.79 Å². The molecule has 0 spiro atoms. The summed E-state index contributed by atoms with van der Waals surface area (Å²) in [5.74, 6) is -0.270. The topological polar surface area (TPSA) is 50.4 Å². The highest BCUT2D eigenvalue weighted by molar-refractivity contribution is 5.76. The summed E-state index contributed by atoms with van der Waals surface area (Å²) in [7, 11) is 0. The first kappa shape index (κ1) is 14.8. The average molecular weight is 280 g/mol. The lowest BCUT2D eigenvalue weighted by molar-refractivity contribution is -0.122. The number of carbonyl (C=O) groups is 1. The van der Waals surface area contributed by atoms with E-state index in [9.17, 15) is 9.18 Å². The van der Waals surface area contributed by atoms with Crippen LogP contribution in [-0.4, -0.2) is 31.1 Å². The van der Waals surface area contributed by atoms with Crippen LogP contribution in [-0.2, 0) is 4.79 Å². The highest BCUT2D eigenvalue weighted by Gasteiger charge is 2.22. The highest BCUT2D eigenvalue weighted by Crippen LogP contribution is 2.15. The normalized spacial score (nSPS) is 22.3. The Labute approximate surface area is 118 Å². The Morgan fingerprint density at radius 1 is 1.50 bits per heavy atom. The van der Waals surface area contributed by atoms with Crippen molar-refractivity contribution in [2.45, 2.75) is 38.3 Å². The van der Waals surface area contributed by atoms with Gasteiger partial charge in [-0.2, -0.15) is 0 Å². The van der Waals surface area contributed by atoms with Gasteiger partial charge in [0.05, 0.1) is 13.0 Å². The Balaban J connectivity index is 1.71. The second kappa shape index (κ2) is 7.24. The van der Waals surface area contributed by atoms with Gasteiger partial charge in [0.25, 0.3) is 0 Å². The molecular weight excluding hydrogens is 259 g/mol. The van der Waals surface area contributed by atoms with Crippen LogP contribution in [0.1, 0.15) is 26.2 Å². The van der Waals surface area contributed by atoms with Gasteiger partial charge in [0.1, 0.15) is 0 Å². The molecule has 0 aromatic heterocycles. The number of para-hydroxylation sites is 1. The quantitative estimate of drug-likeness (QED) is 0.865. The molecule has 110 valence electrons. The molecule has 1 aliphatic heterocycles. The van der Waals surface area contributed by atoms with E-state index < -0.39 is 5.82 Å². The zero-order valence-electron chi connectivity index (χ0n) is 11.7. The maximum Gasteiger partial charge on any atom is 0.223 e. The van der Waals surface area contributed by atoms with Gasteiger partial charge in [-0.1, -0.05) is 12.1 Å². The molecule has 0 aliphatic carbocycles. The molecule has 1 saturated heterocycles. The first-order valence-corrected chi connectivity index (χ1v) is 7.07. The van der Waals surface area contributed by atoms with Crippen LogP contribution in [0.25, 0.3) is 0 Å². The lowest BCUT2D eigenvalue weighted by Crippen LogP contribution is -2.52. The van der Waals surface area contributed by atoms with Crippen molar-refractivity contribution in [3.05, 3.63) is 30.1 Å². The van der Waals surface area contributed by atoms with E-state index in [1.807, 2.05) is 0 Å². The maximum absolute atomic E-state index is 13.3. The molecule has 0 radical (unpaired) electrons. The van der Waals surface area contributed by atoms with Gasteiger partial charge in [-0.05, 0) is 38.4 Å². The fourth-order valence-corrected chi connectivity index (χ4v) is 2.34. The number of amides is 1. The zero-order chi connectivity index (χ0) is 14.4. The van der Waals surface area contributed by atoms with E-state index in [1.54, 1.807) is 18.2 Å². The standard InChI is InChI=1S/C15H21FN2O2/c1-11-13(6-4-9-17-11)18-15(19)8-10-20-14-7-3-2-5-12(14)16/h2-3,5,7,11,13,17H,4,6,8-10H2,1H3,(H,18,19). The van der Waals surface area contributed by atoms with Crippen molar-refractivity contribution >= 4 is 5.91 Å². The van der Waals surface area contributed by atoms with Crippen molar-refractivity contribution in [3.8, 4) is 5.75 Å². The Morgan fingerprint density at radius 2 is 2.30 bits per heavy atom. The van der Waals surface area contributed by atoms with E-state index in [1.165, 1.54) is 6.07 Å². The molecule has 1 heterocycles. The molecule has 1 aromatic rings. The number of halogens is 1. The molecule has 1 fully saturated rings. The molecule has 4 nitrogen and oxygen atoms in total. The summed E-state index contributed by atoms with van der Waals surface area (Å²) >= 11 is 0. The summed E-state index contributed by atoms with van der Waals surface area (Å²) in [5.41, 5.74) is 0. The fourth-order valence-electron chi connectivity index (χ4n) is 2.34. The van der Waals surface area contributed by atoms with Gasteiger partial charge in [-0.15, -0.1) is 0 Å². The molecule has 5 heteroatoms. The average Bonchev–Trinajstić information content (AvgIpc) is 2.43. The summed E-state index contributed by atoms with van der Waals surface area (Å²) in [6, 6.07) is 6.66. The van der Waals surface area contributed by atoms with Crippen LogP contribution in [0.2, 0.25) is 0 Å². The third-order valence-electron chi connectivity index (χ3n) is 3.53. The fraction of sp³-hybridized carbons (Fsp3) is 0.533. The maximum atomic E-state index is 13.3. The highest BCUT2D eigenvalue weighted by atomic mass is 19.1. The Hall–Kier alpha value is -1.62. The van der Waals surface area contributed by atoms with E-state index in [4.69, 9.17) is 4.74 Å². The van der Waals surface area contributed by atoms with Crippen LogP contribution in [0.3, 0.4) is 0 Å². The molecule has 1 amide bonds. The van der Waals surface area contributed by atoms with Crippen molar-refractivity contribution in [2.75, 3.05) is 13.2 Å². The molecule has 0 saturated carbocycles. The number of ether oxygens (including phenoxy) is 1. The van der Waals surface area contributed by atoms with Crippen LogP contribution < -0.4 is 15.4 Å². The molecular formula is C15H21FN2O2. The lowest BCUT2D eigenvalue weighted by Gasteiger charge is -2.30. The summed E-state index contributed by atoms with van der Waals surface area (Å²) in [5, 5.41) is 6.33. The number of piperidine rings is 1. The van der Waals surface area contributed by atoms with Crippen molar-refractivity contribution < 1.29 is 13.9 Å². The monoisotopic (exact) mass is 280 g/mol. The summed E-state index contributed by atoms with van der Waals surface area (Å²) < 4.78 is 18.6. The van der Waals surface area contributed by atoms with Crippen molar-refractivity contribution in [3.63, 3.8) is 0 Å². The molecule has 1 aromatic carbocycles. The molecule has 2 atom stereocenters. The molecule has 0 bridgehead atoms. The summed E-state index contributed by atoms with van der Waals surface area (Å²) in [6.07, 6.45) is 2.30. The smallest absolute Gasteiger partial charge is 0.223 e. The second-order valence-corrected chi connectivity index (χ2v) is 5.09. The largest absolute Gasteiger partial charge is 0.490 e. The minimum Gasteiger partial charge on any atom is -0.490 e. The van der Waals surface area contributed by atoms with E-state index in [2.05, 4.69) is 17.6 Å². The van der Waals surface area contributed by atoms with Crippen LogP contribution in [0, 0.1) is 5.82 Å². The number of rotatable bonds is 5. The van der Waals surface area contributed by atoms with Crippen LogP contribution in [0.5, 0.6) is 5.75 Å². The number of benzene rings is 1. The van der Waals surface area contributed by atoms with E-state index in [-0.39, 0.29) is 30.7 Å². The SMILES string of the molecule is CC1NCCCC1NC(=O)CCOc1ccccc1F. The number of nitrogens with one attached hydrogen (secondary N) is 2. The molecule has 2 N–H and O–H groups in total. The van der Waals surface area contributed by atoms with E-state index in [0.29, 0.717) is 6.04 Å². The van der Waals surface area contributed by atoms with Crippen molar-refractivity contribution in [1.82, 2.24) is 10.6 Å². The second-order valence-electron chi connectivity index (χ2n) is 5.09. The Bertz CT molecular complexity index is 453. The van der Waals surface area contributed by atoms with Gasteiger partial charge in [0, 0.05) is 12.1 Å².